The Labute approximate surface area is 99.6 Å². The van der Waals surface area contributed by atoms with Crippen LogP contribution in [0.4, 0.5) is 13.2 Å². The summed E-state index contributed by atoms with van der Waals surface area (Å²) < 4.78 is 39.6. The van der Waals surface area contributed by atoms with Gasteiger partial charge in [-0.3, -0.25) is 0 Å². The van der Waals surface area contributed by atoms with Crippen LogP contribution in [-0.2, 0) is 11.2 Å². The molecule has 8 heteroatoms. The smallest absolute Gasteiger partial charge is 0.372 e. The minimum Gasteiger partial charge on any atom is -0.372 e. The fourth-order valence-electron chi connectivity index (χ4n) is 0.876. The number of hydrogen-bond acceptors (Lipinski definition) is 4. The summed E-state index contributed by atoms with van der Waals surface area (Å²) in [6.45, 7) is 0.501. The third kappa shape index (κ3) is 5.09. The molecule has 1 aromatic rings. The molecule has 0 amide bonds. The quantitative estimate of drug-likeness (QED) is 0.612. The lowest BCUT2D eigenvalue weighted by molar-refractivity contribution is -0.173. The van der Waals surface area contributed by atoms with E-state index < -0.39 is 12.8 Å². The van der Waals surface area contributed by atoms with E-state index in [4.69, 9.17) is 11.6 Å². The molecule has 0 N–H and O–H groups in total. The fourth-order valence-corrected chi connectivity index (χ4v) is 1.81. The Morgan fingerprint density at radius 2 is 2.12 bits per heavy atom. The number of ether oxygens (including phenoxy) is 1. The largest absolute Gasteiger partial charge is 0.411 e. The van der Waals surface area contributed by atoms with Crippen LogP contribution in [0.5, 0.6) is 0 Å². The Balaban J connectivity index is 2.27. The van der Waals surface area contributed by atoms with E-state index in [0.29, 0.717) is 16.4 Å². The molecule has 92 valence electrons. The van der Waals surface area contributed by atoms with E-state index in [1.807, 2.05) is 0 Å². The number of halogens is 4. The molecule has 1 atom stereocenters. The summed E-state index contributed by atoms with van der Waals surface area (Å²) in [6.07, 6.45) is -3.96. The number of alkyl halides is 4. The molecule has 0 aliphatic carbocycles. The van der Waals surface area contributed by atoms with Gasteiger partial charge in [0.1, 0.15) is 16.6 Å². The maximum atomic E-state index is 11.7. The van der Waals surface area contributed by atoms with Crippen LogP contribution < -0.4 is 0 Å². The molecule has 3 nitrogen and oxygen atoms in total. The molecule has 0 spiro atoms. The van der Waals surface area contributed by atoms with Crippen molar-refractivity contribution in [1.29, 1.82) is 0 Å². The minimum atomic E-state index is -4.28. The van der Waals surface area contributed by atoms with Gasteiger partial charge in [0.2, 0.25) is 0 Å². The van der Waals surface area contributed by atoms with Crippen molar-refractivity contribution in [2.75, 3.05) is 13.2 Å². The highest BCUT2D eigenvalue weighted by Gasteiger charge is 2.27. The van der Waals surface area contributed by atoms with E-state index in [9.17, 15) is 13.2 Å². The Bertz CT molecular complexity index is 329. The van der Waals surface area contributed by atoms with Gasteiger partial charge in [-0.05, 0) is 6.92 Å². The van der Waals surface area contributed by atoms with Crippen LogP contribution in [0.2, 0.25) is 0 Å². The molecule has 0 aliphatic rings. The molecule has 1 heterocycles. The Morgan fingerprint density at radius 1 is 1.44 bits per heavy atom. The highest BCUT2D eigenvalue weighted by atomic mass is 35.5. The summed E-state index contributed by atoms with van der Waals surface area (Å²) in [5.74, 6) is 0. The topological polar surface area (TPSA) is 35.0 Å². The van der Waals surface area contributed by atoms with Crippen molar-refractivity contribution in [1.82, 2.24) is 10.2 Å². The van der Waals surface area contributed by atoms with Gasteiger partial charge in [-0.15, -0.1) is 21.8 Å². The SMILES string of the molecule is CC(Cl)c1nnc(CCOCC(F)(F)F)s1. The third-order valence-electron chi connectivity index (χ3n) is 1.55. The predicted octanol–water partition coefficient (Wildman–Crippen LogP) is 2.96. The molecule has 1 aromatic heterocycles. The summed E-state index contributed by atoms with van der Waals surface area (Å²) in [6, 6.07) is 0. The maximum Gasteiger partial charge on any atom is 0.411 e. The predicted molar refractivity (Wildman–Crippen MR) is 54.8 cm³/mol. The number of hydrogen-bond donors (Lipinski definition) is 0. The monoisotopic (exact) mass is 274 g/mol. The molecular weight excluding hydrogens is 265 g/mol. The van der Waals surface area contributed by atoms with Gasteiger partial charge in [-0.2, -0.15) is 13.2 Å². The molecule has 0 radical (unpaired) electrons. The number of aromatic nitrogens is 2. The molecular formula is C8H10ClF3N2OS. The van der Waals surface area contributed by atoms with Crippen molar-refractivity contribution in [2.24, 2.45) is 0 Å². The van der Waals surface area contributed by atoms with E-state index in [2.05, 4.69) is 14.9 Å². The lowest BCUT2D eigenvalue weighted by Gasteiger charge is -2.05. The van der Waals surface area contributed by atoms with Crippen molar-refractivity contribution < 1.29 is 17.9 Å². The third-order valence-corrected chi connectivity index (χ3v) is 3.05. The van der Waals surface area contributed by atoms with Crippen LogP contribution in [0, 0.1) is 0 Å². The lowest BCUT2D eigenvalue weighted by Crippen LogP contribution is -2.17. The second-order valence-corrected chi connectivity index (χ2v) is 4.82. The zero-order chi connectivity index (χ0) is 12.2. The first-order valence-corrected chi connectivity index (χ1v) is 5.74. The molecule has 16 heavy (non-hydrogen) atoms. The molecule has 1 rings (SSSR count). The van der Waals surface area contributed by atoms with Crippen LogP contribution in [0.15, 0.2) is 0 Å². The average Bonchev–Trinajstić information content (AvgIpc) is 2.59. The van der Waals surface area contributed by atoms with Crippen molar-refractivity contribution >= 4 is 22.9 Å². The van der Waals surface area contributed by atoms with Crippen molar-refractivity contribution in [2.45, 2.75) is 24.9 Å². The van der Waals surface area contributed by atoms with Gasteiger partial charge in [-0.25, -0.2) is 0 Å². The number of rotatable bonds is 5. The highest BCUT2D eigenvalue weighted by molar-refractivity contribution is 7.11. The second-order valence-electron chi connectivity index (χ2n) is 3.07. The zero-order valence-electron chi connectivity index (χ0n) is 8.42. The molecule has 1 unspecified atom stereocenters. The van der Waals surface area contributed by atoms with Crippen molar-refractivity contribution in [3.63, 3.8) is 0 Å². The highest BCUT2D eigenvalue weighted by Crippen LogP contribution is 2.23. The molecule has 0 aromatic carbocycles. The molecule has 0 saturated carbocycles. The van der Waals surface area contributed by atoms with Crippen LogP contribution >= 0.6 is 22.9 Å². The Morgan fingerprint density at radius 3 is 2.62 bits per heavy atom. The van der Waals surface area contributed by atoms with Gasteiger partial charge in [0.05, 0.1) is 12.0 Å². The van der Waals surface area contributed by atoms with Crippen LogP contribution in [0.25, 0.3) is 0 Å². The Hall–Kier alpha value is -0.400. The van der Waals surface area contributed by atoms with E-state index >= 15 is 0 Å². The second kappa shape index (κ2) is 5.79. The molecule has 0 fully saturated rings. The van der Waals surface area contributed by atoms with Gasteiger partial charge >= 0.3 is 6.18 Å². The maximum absolute atomic E-state index is 11.7. The lowest BCUT2D eigenvalue weighted by atomic mass is 10.5. The van der Waals surface area contributed by atoms with E-state index in [1.54, 1.807) is 6.92 Å². The summed E-state index contributed by atoms with van der Waals surface area (Å²) in [7, 11) is 0. The molecule has 0 saturated heterocycles. The summed E-state index contributed by atoms with van der Waals surface area (Å²) in [4.78, 5) is 0. The van der Waals surface area contributed by atoms with E-state index in [1.165, 1.54) is 11.3 Å². The van der Waals surface area contributed by atoms with Crippen molar-refractivity contribution in [3.8, 4) is 0 Å². The van der Waals surface area contributed by atoms with Crippen LogP contribution in [0.3, 0.4) is 0 Å². The van der Waals surface area contributed by atoms with Crippen LogP contribution in [-0.4, -0.2) is 29.6 Å². The molecule has 0 bridgehead atoms. The van der Waals surface area contributed by atoms with Crippen LogP contribution in [0.1, 0.15) is 22.3 Å². The van der Waals surface area contributed by atoms with E-state index in [0.717, 1.165) is 0 Å². The zero-order valence-corrected chi connectivity index (χ0v) is 9.99. The Kier molecular flexibility index (Phi) is 4.94. The van der Waals surface area contributed by atoms with Gasteiger partial charge in [0.15, 0.2) is 0 Å². The van der Waals surface area contributed by atoms with Gasteiger partial charge in [0.25, 0.3) is 0 Å². The summed E-state index contributed by atoms with van der Waals surface area (Å²) in [5, 5.41) is 8.65. The normalized spacial score (nSPS) is 14.1. The minimum absolute atomic E-state index is 0.0230. The standard InChI is InChI=1S/C8H10ClF3N2OS/c1-5(9)7-14-13-6(16-7)2-3-15-4-8(10,11)12/h5H,2-4H2,1H3. The first-order valence-electron chi connectivity index (χ1n) is 4.49. The van der Waals surface area contributed by atoms with Gasteiger partial charge < -0.3 is 4.74 Å². The molecule has 0 aliphatic heterocycles. The fraction of sp³-hybridized carbons (Fsp3) is 0.750. The average molecular weight is 275 g/mol. The summed E-state index contributed by atoms with van der Waals surface area (Å²) >= 11 is 7.05. The summed E-state index contributed by atoms with van der Waals surface area (Å²) in [5.41, 5.74) is 0. The number of nitrogens with zero attached hydrogens (tertiary/aromatic N) is 2. The first kappa shape index (κ1) is 13.7. The van der Waals surface area contributed by atoms with E-state index in [-0.39, 0.29) is 12.0 Å². The first-order chi connectivity index (χ1) is 7.38. The van der Waals surface area contributed by atoms with Crippen molar-refractivity contribution in [3.05, 3.63) is 10.0 Å². The van der Waals surface area contributed by atoms with Gasteiger partial charge in [-0.1, -0.05) is 11.3 Å². The van der Waals surface area contributed by atoms with Gasteiger partial charge in [0, 0.05) is 6.42 Å².